The third kappa shape index (κ3) is 6.97. The van der Waals surface area contributed by atoms with Crippen LogP contribution in [0.15, 0.2) is 48.5 Å². The maximum Gasteiger partial charge on any atom is 0.253 e. The summed E-state index contributed by atoms with van der Waals surface area (Å²) in [7, 11) is 0. The van der Waals surface area contributed by atoms with Crippen molar-refractivity contribution < 1.29 is 9.59 Å². The van der Waals surface area contributed by atoms with Crippen LogP contribution in [0.3, 0.4) is 0 Å². The Labute approximate surface area is 194 Å². The number of hydrogen-bond acceptors (Lipinski definition) is 5. The van der Waals surface area contributed by atoms with Crippen molar-refractivity contribution in [1.29, 1.82) is 0 Å². The monoisotopic (exact) mass is 460 g/mol. The molecule has 3 N–H and O–H groups in total. The van der Waals surface area contributed by atoms with Gasteiger partial charge in [0.2, 0.25) is 5.91 Å². The molecular formula is C23H29ClN4O2S. The normalized spacial score (nSPS) is 15.5. The van der Waals surface area contributed by atoms with Crippen LogP contribution in [0.5, 0.6) is 0 Å². The average molecular weight is 461 g/mol. The maximum atomic E-state index is 12.8. The number of anilines is 1. The second-order valence-corrected chi connectivity index (χ2v) is 8.73. The van der Waals surface area contributed by atoms with E-state index < -0.39 is 5.25 Å². The predicted octanol–water partition coefficient (Wildman–Crippen LogP) is 2.93. The molecule has 2 aromatic carbocycles. The van der Waals surface area contributed by atoms with Gasteiger partial charge in [-0.1, -0.05) is 23.7 Å². The smallest absolute Gasteiger partial charge is 0.253 e. The fraction of sp³-hybridized carbons (Fsp3) is 0.391. The van der Waals surface area contributed by atoms with Crippen LogP contribution in [0.4, 0.5) is 5.69 Å². The van der Waals surface area contributed by atoms with Gasteiger partial charge >= 0.3 is 0 Å². The summed E-state index contributed by atoms with van der Waals surface area (Å²) < 4.78 is 0. The molecule has 0 radical (unpaired) electrons. The standard InChI is InChI=1S/C23H29ClN4O2S/c24-19-5-1-17(2-6-19)10-12-27-13-15-28(16-14-27)23(30)18-3-7-20(8-4-18)26-22(29)21(31)9-11-25/h1-8,21,31H,9-16,25H2,(H,26,29). The Morgan fingerprint density at radius 3 is 2.29 bits per heavy atom. The predicted molar refractivity (Wildman–Crippen MR) is 129 cm³/mol. The van der Waals surface area contributed by atoms with Crippen molar-refractivity contribution in [3.63, 3.8) is 0 Å². The van der Waals surface area contributed by atoms with Crippen LogP contribution >= 0.6 is 24.2 Å². The van der Waals surface area contributed by atoms with Gasteiger partial charge in [-0.25, -0.2) is 0 Å². The number of amides is 2. The number of nitrogens with two attached hydrogens (primary N) is 1. The number of halogens is 1. The van der Waals surface area contributed by atoms with Gasteiger partial charge in [-0.3, -0.25) is 14.5 Å². The van der Waals surface area contributed by atoms with E-state index in [1.807, 2.05) is 17.0 Å². The topological polar surface area (TPSA) is 78.7 Å². The minimum Gasteiger partial charge on any atom is -0.336 e. The zero-order chi connectivity index (χ0) is 22.2. The van der Waals surface area contributed by atoms with E-state index in [-0.39, 0.29) is 11.8 Å². The Hall–Kier alpha value is -2.06. The number of rotatable bonds is 8. The summed E-state index contributed by atoms with van der Waals surface area (Å²) in [4.78, 5) is 29.1. The highest BCUT2D eigenvalue weighted by Crippen LogP contribution is 2.15. The van der Waals surface area contributed by atoms with Crippen LogP contribution in [-0.4, -0.2) is 66.1 Å². The van der Waals surface area contributed by atoms with Crippen molar-refractivity contribution in [1.82, 2.24) is 9.80 Å². The molecule has 1 heterocycles. The van der Waals surface area contributed by atoms with E-state index in [0.717, 1.165) is 31.1 Å². The van der Waals surface area contributed by atoms with Gasteiger partial charge in [0.25, 0.3) is 5.91 Å². The molecule has 0 aromatic heterocycles. The van der Waals surface area contributed by atoms with Crippen molar-refractivity contribution in [2.45, 2.75) is 18.1 Å². The minimum atomic E-state index is -0.442. The number of nitrogens with zero attached hydrogens (tertiary/aromatic N) is 2. The molecule has 1 saturated heterocycles. The summed E-state index contributed by atoms with van der Waals surface area (Å²) in [5.74, 6) is -0.173. The second kappa shape index (κ2) is 11.5. The van der Waals surface area contributed by atoms with E-state index >= 15 is 0 Å². The van der Waals surface area contributed by atoms with Gasteiger partial charge in [-0.15, -0.1) is 0 Å². The van der Waals surface area contributed by atoms with Gasteiger partial charge in [-0.05, 0) is 61.3 Å². The Morgan fingerprint density at radius 1 is 1.03 bits per heavy atom. The lowest BCUT2D eigenvalue weighted by Crippen LogP contribution is -2.49. The molecule has 1 unspecified atom stereocenters. The fourth-order valence-electron chi connectivity index (χ4n) is 3.51. The van der Waals surface area contributed by atoms with Crippen LogP contribution in [0.1, 0.15) is 22.3 Å². The first kappa shape index (κ1) is 23.6. The number of hydrogen-bond donors (Lipinski definition) is 3. The largest absolute Gasteiger partial charge is 0.336 e. The number of thiol groups is 1. The molecule has 2 amide bonds. The van der Waals surface area contributed by atoms with Crippen LogP contribution in [0.2, 0.25) is 5.02 Å². The van der Waals surface area contributed by atoms with Gasteiger partial charge in [-0.2, -0.15) is 12.6 Å². The van der Waals surface area contributed by atoms with E-state index in [4.69, 9.17) is 17.3 Å². The van der Waals surface area contributed by atoms with Crippen molar-refractivity contribution in [2.24, 2.45) is 5.73 Å². The van der Waals surface area contributed by atoms with Crippen LogP contribution in [0, 0.1) is 0 Å². The number of carbonyl (C=O) groups excluding carboxylic acids is 2. The number of carbonyl (C=O) groups is 2. The van der Waals surface area contributed by atoms with Crippen LogP contribution in [-0.2, 0) is 11.2 Å². The lowest BCUT2D eigenvalue weighted by Gasteiger charge is -2.34. The minimum absolute atomic E-state index is 0.0189. The van der Waals surface area contributed by atoms with E-state index in [9.17, 15) is 9.59 Å². The summed E-state index contributed by atoms with van der Waals surface area (Å²) in [5.41, 5.74) is 7.99. The quantitative estimate of drug-likeness (QED) is 0.529. The van der Waals surface area contributed by atoms with E-state index in [0.29, 0.717) is 37.3 Å². The summed E-state index contributed by atoms with van der Waals surface area (Å²) in [5, 5.41) is 3.11. The Balaban J connectivity index is 1.45. The molecule has 31 heavy (non-hydrogen) atoms. The molecule has 1 atom stereocenters. The molecule has 1 fully saturated rings. The van der Waals surface area contributed by atoms with E-state index in [1.54, 1.807) is 24.3 Å². The Bertz CT molecular complexity index is 868. The molecule has 8 heteroatoms. The van der Waals surface area contributed by atoms with E-state index in [1.165, 1.54) is 5.56 Å². The van der Waals surface area contributed by atoms with Crippen molar-refractivity contribution >= 4 is 41.7 Å². The first-order chi connectivity index (χ1) is 15.0. The second-order valence-electron chi connectivity index (χ2n) is 7.67. The maximum absolute atomic E-state index is 12.8. The zero-order valence-electron chi connectivity index (χ0n) is 17.5. The summed E-state index contributed by atoms with van der Waals surface area (Å²) >= 11 is 10.2. The highest BCUT2D eigenvalue weighted by molar-refractivity contribution is 7.81. The summed E-state index contributed by atoms with van der Waals surface area (Å²) in [6.45, 7) is 4.50. The van der Waals surface area contributed by atoms with Gasteiger partial charge in [0.15, 0.2) is 0 Å². The number of nitrogens with one attached hydrogen (secondary N) is 1. The molecule has 2 aromatic rings. The molecule has 0 saturated carbocycles. The lowest BCUT2D eigenvalue weighted by molar-refractivity contribution is -0.115. The first-order valence-electron chi connectivity index (χ1n) is 10.5. The van der Waals surface area contributed by atoms with Crippen molar-refractivity contribution in [2.75, 3.05) is 44.6 Å². The third-order valence-electron chi connectivity index (χ3n) is 5.43. The van der Waals surface area contributed by atoms with Crippen LogP contribution in [0.25, 0.3) is 0 Å². The van der Waals surface area contributed by atoms with E-state index in [2.05, 4.69) is 35.0 Å². The molecule has 166 valence electrons. The van der Waals surface area contributed by atoms with Crippen LogP contribution < -0.4 is 11.1 Å². The van der Waals surface area contributed by atoms with Gasteiger partial charge in [0.1, 0.15) is 0 Å². The Kier molecular flexibility index (Phi) is 8.78. The summed E-state index contributed by atoms with van der Waals surface area (Å²) in [6.07, 6.45) is 1.48. The highest BCUT2D eigenvalue weighted by atomic mass is 35.5. The molecule has 0 spiro atoms. The zero-order valence-corrected chi connectivity index (χ0v) is 19.1. The SMILES string of the molecule is NCCC(S)C(=O)Nc1ccc(C(=O)N2CCN(CCc3ccc(Cl)cc3)CC2)cc1. The molecule has 0 bridgehead atoms. The van der Waals surface area contributed by atoms with Crippen molar-refractivity contribution in [3.05, 3.63) is 64.7 Å². The van der Waals surface area contributed by atoms with Gasteiger partial charge < -0.3 is 16.0 Å². The van der Waals surface area contributed by atoms with Gasteiger partial charge in [0.05, 0.1) is 5.25 Å². The first-order valence-corrected chi connectivity index (χ1v) is 11.4. The average Bonchev–Trinajstić information content (AvgIpc) is 2.79. The van der Waals surface area contributed by atoms with Crippen molar-refractivity contribution in [3.8, 4) is 0 Å². The lowest BCUT2D eigenvalue weighted by atomic mass is 10.1. The molecular weight excluding hydrogens is 432 g/mol. The fourth-order valence-corrected chi connectivity index (χ4v) is 3.85. The molecule has 1 aliphatic heterocycles. The molecule has 1 aliphatic rings. The molecule has 0 aliphatic carbocycles. The number of piperazine rings is 1. The molecule has 3 rings (SSSR count). The highest BCUT2D eigenvalue weighted by Gasteiger charge is 2.22. The Morgan fingerprint density at radius 2 is 1.68 bits per heavy atom. The summed E-state index contributed by atoms with van der Waals surface area (Å²) in [6, 6.07) is 14.9. The number of benzene rings is 2. The van der Waals surface area contributed by atoms with Gasteiger partial charge in [0, 0.05) is 49.0 Å². The third-order valence-corrected chi connectivity index (χ3v) is 6.18. The molecule has 6 nitrogen and oxygen atoms in total.